The summed E-state index contributed by atoms with van der Waals surface area (Å²) < 4.78 is 11.1. The van der Waals surface area contributed by atoms with Crippen molar-refractivity contribution in [2.24, 2.45) is 5.92 Å². The highest BCUT2D eigenvalue weighted by molar-refractivity contribution is 6.04. The van der Waals surface area contributed by atoms with E-state index in [0.29, 0.717) is 17.1 Å². The predicted octanol–water partition coefficient (Wildman–Crippen LogP) is 5.00. The summed E-state index contributed by atoms with van der Waals surface area (Å²) in [4.78, 5) is 37.4. The third-order valence-corrected chi connectivity index (χ3v) is 6.00. The molecule has 180 valence electrons. The topological polar surface area (TPSA) is 111 Å². The normalized spacial score (nSPS) is 15.1. The number of nitrogens with zero attached hydrogens (tertiary/aromatic N) is 2. The molecular formula is C26H25N3O6. The van der Waals surface area contributed by atoms with Gasteiger partial charge in [-0.05, 0) is 67.4 Å². The Balaban J connectivity index is 1.40. The number of nitrogens with one attached hydrogen (secondary N) is 1. The maximum absolute atomic E-state index is 12.8. The first-order chi connectivity index (χ1) is 16.7. The van der Waals surface area contributed by atoms with Crippen LogP contribution in [0.4, 0.5) is 17.1 Å². The number of rotatable bonds is 7. The van der Waals surface area contributed by atoms with Crippen LogP contribution in [0.15, 0.2) is 60.7 Å². The van der Waals surface area contributed by atoms with Gasteiger partial charge in [0.25, 0.3) is 5.69 Å². The van der Waals surface area contributed by atoms with Crippen LogP contribution in [0.3, 0.4) is 0 Å². The zero-order valence-electron chi connectivity index (χ0n) is 19.6. The lowest BCUT2D eigenvalue weighted by Gasteiger charge is -2.19. The molecule has 0 saturated carbocycles. The minimum absolute atomic E-state index is 0.0277. The van der Waals surface area contributed by atoms with E-state index >= 15 is 0 Å². The Labute approximate surface area is 202 Å². The molecule has 2 amide bonds. The monoisotopic (exact) mass is 475 g/mol. The van der Waals surface area contributed by atoms with E-state index in [0.717, 1.165) is 11.3 Å². The molecule has 0 radical (unpaired) electrons. The quantitative estimate of drug-likeness (QED) is 0.380. The molecule has 9 heteroatoms. The number of hydrogen-bond donors (Lipinski definition) is 1. The second-order valence-corrected chi connectivity index (χ2v) is 8.38. The first kappa shape index (κ1) is 23.7. The predicted molar refractivity (Wildman–Crippen MR) is 131 cm³/mol. The third kappa shape index (κ3) is 5.24. The van der Waals surface area contributed by atoms with Gasteiger partial charge in [0.2, 0.25) is 11.8 Å². The molecule has 0 aromatic heterocycles. The van der Waals surface area contributed by atoms with E-state index < -0.39 is 10.8 Å². The van der Waals surface area contributed by atoms with E-state index in [-0.39, 0.29) is 36.2 Å². The molecule has 0 bridgehead atoms. The Hall–Kier alpha value is -4.40. The van der Waals surface area contributed by atoms with E-state index in [1.54, 1.807) is 24.3 Å². The number of amides is 2. The maximum Gasteiger partial charge on any atom is 0.273 e. The molecule has 1 aliphatic rings. The van der Waals surface area contributed by atoms with Gasteiger partial charge in [-0.25, -0.2) is 0 Å². The number of non-ortho nitro benzene ring substituents is 1. The van der Waals surface area contributed by atoms with Gasteiger partial charge in [0.15, 0.2) is 0 Å². The van der Waals surface area contributed by atoms with Gasteiger partial charge in [-0.1, -0.05) is 6.07 Å². The smallest absolute Gasteiger partial charge is 0.273 e. The molecule has 3 aromatic carbocycles. The number of carbonyl (C=O) groups excluding carboxylic acids is 2. The summed E-state index contributed by atoms with van der Waals surface area (Å²) in [6.07, 6.45) is 0.0277. The summed E-state index contributed by atoms with van der Waals surface area (Å²) in [6, 6.07) is 16.9. The average molecular weight is 476 g/mol. The van der Waals surface area contributed by atoms with Crippen LogP contribution < -0.4 is 19.7 Å². The van der Waals surface area contributed by atoms with Crippen LogP contribution in [0.5, 0.6) is 17.2 Å². The van der Waals surface area contributed by atoms with E-state index in [1.807, 2.05) is 32.0 Å². The molecule has 1 heterocycles. The highest BCUT2D eigenvalue weighted by atomic mass is 16.6. The average Bonchev–Trinajstić information content (AvgIpc) is 3.23. The minimum Gasteiger partial charge on any atom is -0.494 e. The van der Waals surface area contributed by atoms with E-state index in [2.05, 4.69) is 5.32 Å². The van der Waals surface area contributed by atoms with Crippen molar-refractivity contribution in [3.05, 3.63) is 81.9 Å². The SMILES string of the molecule is COc1cc([N+](=O)[O-])ccc1N1C[C@@H](C(=O)Nc2ccc(Oc3ccc(C)c(C)c3)cc2)CC1=O. The van der Waals surface area contributed by atoms with Crippen LogP contribution >= 0.6 is 0 Å². The fourth-order valence-corrected chi connectivity index (χ4v) is 3.88. The lowest BCUT2D eigenvalue weighted by Crippen LogP contribution is -2.28. The number of aryl methyl sites for hydroxylation is 2. The van der Waals surface area contributed by atoms with Crippen LogP contribution in [-0.2, 0) is 9.59 Å². The Bertz CT molecular complexity index is 1290. The van der Waals surface area contributed by atoms with Gasteiger partial charge in [-0.15, -0.1) is 0 Å². The first-order valence-electron chi connectivity index (χ1n) is 11.0. The molecule has 0 aliphatic carbocycles. The summed E-state index contributed by atoms with van der Waals surface area (Å²) in [5, 5.41) is 13.9. The van der Waals surface area contributed by atoms with E-state index in [1.165, 1.54) is 35.8 Å². The molecule has 1 fully saturated rings. The van der Waals surface area contributed by atoms with Gasteiger partial charge in [-0.3, -0.25) is 19.7 Å². The summed E-state index contributed by atoms with van der Waals surface area (Å²) in [5.74, 6) is 0.454. The molecule has 0 spiro atoms. The van der Waals surface area contributed by atoms with Crippen LogP contribution in [0.25, 0.3) is 0 Å². The maximum atomic E-state index is 12.8. The summed E-state index contributed by atoms with van der Waals surface area (Å²) in [5.41, 5.74) is 3.16. The van der Waals surface area contributed by atoms with E-state index in [9.17, 15) is 19.7 Å². The molecule has 1 saturated heterocycles. The minimum atomic E-state index is -0.575. The van der Waals surface area contributed by atoms with Crippen molar-refractivity contribution >= 4 is 28.9 Å². The second kappa shape index (κ2) is 9.84. The summed E-state index contributed by atoms with van der Waals surface area (Å²) in [6.45, 7) is 4.20. The number of nitro benzene ring substituents is 1. The number of hydrogen-bond acceptors (Lipinski definition) is 6. The van der Waals surface area contributed by atoms with Crippen LogP contribution in [0.2, 0.25) is 0 Å². The van der Waals surface area contributed by atoms with Gasteiger partial charge in [0, 0.05) is 24.7 Å². The van der Waals surface area contributed by atoms with Crippen LogP contribution in [0, 0.1) is 29.9 Å². The zero-order chi connectivity index (χ0) is 25.1. The third-order valence-electron chi connectivity index (χ3n) is 6.00. The summed E-state index contributed by atoms with van der Waals surface area (Å²) >= 11 is 0. The molecule has 9 nitrogen and oxygen atoms in total. The zero-order valence-corrected chi connectivity index (χ0v) is 19.6. The van der Waals surface area contributed by atoms with Crippen molar-refractivity contribution in [3.8, 4) is 17.2 Å². The van der Waals surface area contributed by atoms with Crippen molar-refractivity contribution in [2.45, 2.75) is 20.3 Å². The Morgan fingerprint density at radius 2 is 1.74 bits per heavy atom. The molecule has 3 aromatic rings. The molecular weight excluding hydrogens is 450 g/mol. The van der Waals surface area contributed by atoms with Gasteiger partial charge < -0.3 is 19.7 Å². The van der Waals surface area contributed by atoms with Gasteiger partial charge in [0.05, 0.1) is 29.7 Å². The summed E-state index contributed by atoms with van der Waals surface area (Å²) in [7, 11) is 1.38. The van der Waals surface area contributed by atoms with Crippen molar-refractivity contribution in [3.63, 3.8) is 0 Å². The standard InChI is InChI=1S/C26H25N3O6/c1-16-4-8-22(12-17(16)2)35-21-9-5-19(6-10-21)27-26(31)18-13-25(30)28(15-18)23-11-7-20(29(32)33)14-24(23)34-3/h4-12,14,18H,13,15H2,1-3H3,(H,27,31)/t18-/m0/s1. The van der Waals surface area contributed by atoms with Crippen LogP contribution in [-0.4, -0.2) is 30.4 Å². The molecule has 0 unspecified atom stereocenters. The molecule has 1 N–H and O–H groups in total. The lowest BCUT2D eigenvalue weighted by atomic mass is 10.1. The molecule has 1 aliphatic heterocycles. The Morgan fingerprint density at radius 1 is 1.03 bits per heavy atom. The Kier molecular flexibility index (Phi) is 6.68. The fourth-order valence-electron chi connectivity index (χ4n) is 3.88. The highest BCUT2D eigenvalue weighted by Gasteiger charge is 2.36. The van der Waals surface area contributed by atoms with Crippen molar-refractivity contribution < 1.29 is 24.0 Å². The second-order valence-electron chi connectivity index (χ2n) is 8.38. The van der Waals surface area contributed by atoms with E-state index in [4.69, 9.17) is 9.47 Å². The number of methoxy groups -OCH3 is 1. The van der Waals surface area contributed by atoms with Gasteiger partial charge in [0.1, 0.15) is 17.2 Å². The van der Waals surface area contributed by atoms with Crippen molar-refractivity contribution in [1.29, 1.82) is 0 Å². The van der Waals surface area contributed by atoms with Crippen LogP contribution in [0.1, 0.15) is 17.5 Å². The number of carbonyl (C=O) groups is 2. The van der Waals surface area contributed by atoms with Crippen molar-refractivity contribution in [1.82, 2.24) is 0 Å². The van der Waals surface area contributed by atoms with Gasteiger partial charge in [-0.2, -0.15) is 0 Å². The number of ether oxygens (including phenoxy) is 2. The van der Waals surface area contributed by atoms with Crippen molar-refractivity contribution in [2.75, 3.05) is 23.9 Å². The molecule has 4 rings (SSSR count). The molecule has 1 atom stereocenters. The fraction of sp³-hybridized carbons (Fsp3) is 0.231. The Morgan fingerprint density at radius 3 is 2.40 bits per heavy atom. The highest BCUT2D eigenvalue weighted by Crippen LogP contribution is 2.36. The lowest BCUT2D eigenvalue weighted by molar-refractivity contribution is -0.384. The van der Waals surface area contributed by atoms with Gasteiger partial charge >= 0.3 is 0 Å². The number of benzene rings is 3. The number of anilines is 2. The number of nitro groups is 1. The molecule has 35 heavy (non-hydrogen) atoms. The largest absolute Gasteiger partial charge is 0.494 e. The first-order valence-corrected chi connectivity index (χ1v) is 11.0.